The van der Waals surface area contributed by atoms with Crippen molar-refractivity contribution in [2.24, 2.45) is 0 Å². The fraction of sp³-hybridized carbons (Fsp3) is 0.200. The first-order valence-electron chi connectivity index (χ1n) is 6.25. The highest BCUT2D eigenvalue weighted by Gasteiger charge is 2.10. The van der Waals surface area contributed by atoms with E-state index < -0.39 is 11.8 Å². The lowest BCUT2D eigenvalue weighted by Gasteiger charge is -2.15. The zero-order valence-electron chi connectivity index (χ0n) is 12.1. The van der Waals surface area contributed by atoms with Gasteiger partial charge in [0.2, 0.25) is 0 Å². The van der Waals surface area contributed by atoms with Gasteiger partial charge in [0.05, 0.1) is 5.35 Å². The molecule has 1 aromatic heterocycles. The van der Waals surface area contributed by atoms with Crippen LogP contribution in [0.1, 0.15) is 11.1 Å². The minimum absolute atomic E-state index is 0.0156. The summed E-state index contributed by atoms with van der Waals surface area (Å²) in [5, 5.41) is 8.93. The van der Waals surface area contributed by atoms with Gasteiger partial charge < -0.3 is 14.4 Å². The third kappa shape index (κ3) is 2.74. The van der Waals surface area contributed by atoms with Crippen LogP contribution in [0.5, 0.6) is 0 Å². The Labute approximate surface area is 120 Å². The van der Waals surface area contributed by atoms with E-state index in [0.717, 1.165) is 16.8 Å². The SMILES string of the molecule is C=c1/c(=C\c2ccc(N(C)C)c(C)c2)oc(=O)n1C(=O)O. The largest absolute Gasteiger partial charge is 0.464 e. The van der Waals surface area contributed by atoms with Crippen LogP contribution in [0, 0.1) is 6.92 Å². The number of benzene rings is 1. The molecule has 0 unspecified atom stereocenters. The maximum atomic E-state index is 11.5. The summed E-state index contributed by atoms with van der Waals surface area (Å²) in [6, 6.07) is 5.73. The molecule has 6 nitrogen and oxygen atoms in total. The number of carbonyl (C=O) groups is 1. The summed E-state index contributed by atoms with van der Waals surface area (Å²) < 4.78 is 5.41. The third-order valence-electron chi connectivity index (χ3n) is 3.13. The van der Waals surface area contributed by atoms with Gasteiger partial charge in [-0.15, -0.1) is 0 Å². The molecule has 21 heavy (non-hydrogen) atoms. The first-order chi connectivity index (χ1) is 9.81. The van der Waals surface area contributed by atoms with Gasteiger partial charge in [0.1, 0.15) is 0 Å². The molecule has 2 aromatic rings. The second-order valence-electron chi connectivity index (χ2n) is 4.88. The number of hydrogen-bond acceptors (Lipinski definition) is 4. The van der Waals surface area contributed by atoms with E-state index in [0.29, 0.717) is 4.57 Å². The minimum atomic E-state index is -1.41. The summed E-state index contributed by atoms with van der Waals surface area (Å²) in [6.45, 7) is 5.54. The quantitative estimate of drug-likeness (QED) is 0.875. The fourth-order valence-corrected chi connectivity index (χ4v) is 2.15. The number of rotatable bonds is 2. The lowest BCUT2D eigenvalue weighted by molar-refractivity contribution is 0.193. The van der Waals surface area contributed by atoms with E-state index in [1.54, 1.807) is 6.08 Å². The van der Waals surface area contributed by atoms with Crippen LogP contribution in [-0.4, -0.2) is 29.9 Å². The molecule has 1 aromatic carbocycles. The second kappa shape index (κ2) is 5.32. The molecule has 0 aliphatic carbocycles. The summed E-state index contributed by atoms with van der Waals surface area (Å²) in [5.74, 6) is -0.958. The molecule has 0 spiro atoms. The van der Waals surface area contributed by atoms with Gasteiger partial charge in [0, 0.05) is 19.8 Å². The molecule has 0 aliphatic rings. The van der Waals surface area contributed by atoms with Crippen molar-refractivity contribution in [2.45, 2.75) is 6.92 Å². The molecular formula is C15H16N2O4. The molecule has 0 radical (unpaired) electrons. The molecule has 2 rings (SSSR count). The van der Waals surface area contributed by atoms with Crippen molar-refractivity contribution in [2.75, 3.05) is 19.0 Å². The van der Waals surface area contributed by atoms with E-state index in [1.807, 2.05) is 44.1 Å². The van der Waals surface area contributed by atoms with Crippen molar-refractivity contribution in [1.29, 1.82) is 0 Å². The molecule has 0 aliphatic heterocycles. The molecule has 1 heterocycles. The molecule has 0 saturated carbocycles. The highest BCUT2D eigenvalue weighted by molar-refractivity contribution is 5.68. The Bertz CT molecular complexity index is 859. The zero-order valence-corrected chi connectivity index (χ0v) is 12.1. The molecule has 6 heteroatoms. The fourth-order valence-electron chi connectivity index (χ4n) is 2.15. The van der Waals surface area contributed by atoms with Gasteiger partial charge in [-0.2, -0.15) is 4.57 Å². The highest BCUT2D eigenvalue weighted by Crippen LogP contribution is 2.19. The van der Waals surface area contributed by atoms with E-state index in [2.05, 4.69) is 6.58 Å². The van der Waals surface area contributed by atoms with Crippen LogP contribution in [0.4, 0.5) is 10.5 Å². The molecule has 0 atom stereocenters. The number of aromatic nitrogens is 1. The maximum absolute atomic E-state index is 11.5. The number of nitrogens with zero attached hydrogens (tertiary/aromatic N) is 2. The first kappa shape index (κ1) is 14.6. The Morgan fingerprint density at radius 2 is 2.10 bits per heavy atom. The van der Waals surface area contributed by atoms with Crippen molar-refractivity contribution < 1.29 is 14.3 Å². The third-order valence-corrected chi connectivity index (χ3v) is 3.13. The topological polar surface area (TPSA) is 75.7 Å². The Kier molecular flexibility index (Phi) is 3.71. The molecule has 0 fully saturated rings. The summed E-state index contributed by atoms with van der Waals surface area (Å²) in [4.78, 5) is 24.4. The summed E-state index contributed by atoms with van der Waals surface area (Å²) in [6.07, 6.45) is 0.183. The highest BCUT2D eigenvalue weighted by atomic mass is 16.4. The predicted octanol–water partition coefficient (Wildman–Crippen LogP) is 0.581. The van der Waals surface area contributed by atoms with Crippen molar-refractivity contribution in [3.63, 3.8) is 0 Å². The Hall–Kier alpha value is -2.76. The first-order valence-corrected chi connectivity index (χ1v) is 6.25. The van der Waals surface area contributed by atoms with Crippen molar-refractivity contribution >= 4 is 24.4 Å². The Morgan fingerprint density at radius 3 is 2.57 bits per heavy atom. The lowest BCUT2D eigenvalue weighted by Crippen LogP contribution is -2.35. The van der Waals surface area contributed by atoms with E-state index in [9.17, 15) is 9.59 Å². The van der Waals surface area contributed by atoms with Crippen molar-refractivity contribution in [3.05, 3.63) is 50.6 Å². The summed E-state index contributed by atoms with van der Waals surface area (Å²) >= 11 is 0. The monoisotopic (exact) mass is 288 g/mol. The molecule has 0 bridgehead atoms. The van der Waals surface area contributed by atoms with Crippen LogP contribution in [0.25, 0.3) is 12.7 Å². The van der Waals surface area contributed by atoms with Gasteiger partial charge in [-0.3, -0.25) is 0 Å². The predicted molar refractivity (Wildman–Crippen MR) is 80.2 cm³/mol. The molecular weight excluding hydrogens is 272 g/mol. The van der Waals surface area contributed by atoms with Gasteiger partial charge in [0.15, 0.2) is 5.42 Å². The summed E-state index contributed by atoms with van der Waals surface area (Å²) in [5.41, 5.74) is 3.07. The van der Waals surface area contributed by atoms with Crippen LogP contribution in [0.3, 0.4) is 0 Å². The van der Waals surface area contributed by atoms with Crippen LogP contribution in [-0.2, 0) is 0 Å². The van der Waals surface area contributed by atoms with Crippen LogP contribution in [0.2, 0.25) is 0 Å². The number of oxazole rings is 1. The van der Waals surface area contributed by atoms with Gasteiger partial charge in [-0.1, -0.05) is 12.6 Å². The van der Waals surface area contributed by atoms with Crippen molar-refractivity contribution in [3.8, 4) is 0 Å². The van der Waals surface area contributed by atoms with Gasteiger partial charge >= 0.3 is 11.8 Å². The van der Waals surface area contributed by atoms with E-state index >= 15 is 0 Å². The maximum Gasteiger partial charge on any atom is 0.429 e. The lowest BCUT2D eigenvalue weighted by atomic mass is 10.1. The number of hydrogen-bond donors (Lipinski definition) is 1. The number of aryl methyl sites for hydroxylation is 1. The molecule has 1 N–H and O–H groups in total. The zero-order chi connectivity index (χ0) is 15.7. The van der Waals surface area contributed by atoms with Gasteiger partial charge in [-0.05, 0) is 36.3 Å². The number of anilines is 1. The molecule has 0 saturated heterocycles. The minimum Gasteiger partial charge on any atom is -0.464 e. The van der Waals surface area contributed by atoms with Crippen LogP contribution >= 0.6 is 0 Å². The average molecular weight is 288 g/mol. The second-order valence-corrected chi connectivity index (χ2v) is 4.88. The van der Waals surface area contributed by atoms with E-state index in [1.165, 1.54) is 0 Å². The van der Waals surface area contributed by atoms with Crippen LogP contribution < -0.4 is 21.4 Å². The summed E-state index contributed by atoms with van der Waals surface area (Å²) in [7, 11) is 3.90. The van der Waals surface area contributed by atoms with Gasteiger partial charge in [0.25, 0.3) is 0 Å². The van der Waals surface area contributed by atoms with E-state index in [-0.39, 0.29) is 10.8 Å². The number of carboxylic acid groups (broad SMARTS) is 1. The molecule has 0 amide bonds. The Balaban J connectivity index is 2.58. The normalized spacial score (nSPS) is 11.7. The molecule has 110 valence electrons. The smallest absolute Gasteiger partial charge is 0.429 e. The standard InChI is InChI=1S/C15H16N2O4/c1-9-7-11(5-6-12(9)16(3)4)8-13-10(2)17(14(18)19)15(20)21-13/h5-8H,2H2,1,3-4H3,(H,18,19)/b13-8+. The Morgan fingerprint density at radius 1 is 1.43 bits per heavy atom. The van der Waals surface area contributed by atoms with Gasteiger partial charge in [-0.25, -0.2) is 9.59 Å². The average Bonchev–Trinajstić information content (AvgIpc) is 2.63. The van der Waals surface area contributed by atoms with E-state index in [4.69, 9.17) is 9.52 Å². The van der Waals surface area contributed by atoms with Crippen molar-refractivity contribution in [1.82, 2.24) is 4.57 Å². The van der Waals surface area contributed by atoms with Crippen LogP contribution in [0.15, 0.2) is 27.4 Å².